The summed E-state index contributed by atoms with van der Waals surface area (Å²) in [5, 5.41) is 11.1. The van der Waals surface area contributed by atoms with E-state index in [4.69, 9.17) is 5.11 Å². The van der Waals surface area contributed by atoms with Crippen LogP contribution in [0.15, 0.2) is 0 Å². The molecule has 0 aliphatic rings. The molecular weight excluding hydrogens is 170 g/mol. The Balaban J connectivity index is 3.63. The van der Waals surface area contributed by atoms with E-state index in [1.807, 2.05) is 6.92 Å². The van der Waals surface area contributed by atoms with Crippen LogP contribution in [0.2, 0.25) is 0 Å². The summed E-state index contributed by atoms with van der Waals surface area (Å²) < 4.78 is 0. The quantitative estimate of drug-likeness (QED) is 0.610. The lowest BCUT2D eigenvalue weighted by molar-refractivity contribution is -0.140. The van der Waals surface area contributed by atoms with Crippen molar-refractivity contribution in [1.29, 1.82) is 0 Å². The van der Waals surface area contributed by atoms with Gasteiger partial charge in [-0.25, -0.2) is 0 Å². The van der Waals surface area contributed by atoms with Crippen molar-refractivity contribution < 1.29 is 14.7 Å². The third kappa shape index (κ3) is 6.13. The zero-order valence-corrected chi connectivity index (χ0v) is 8.17. The van der Waals surface area contributed by atoms with Crippen molar-refractivity contribution in [2.45, 2.75) is 33.1 Å². The van der Waals surface area contributed by atoms with E-state index in [9.17, 15) is 9.59 Å². The molecule has 1 amide bonds. The highest BCUT2D eigenvalue weighted by Gasteiger charge is 2.15. The van der Waals surface area contributed by atoms with Gasteiger partial charge in [0.25, 0.3) is 0 Å². The lowest BCUT2D eigenvalue weighted by Crippen LogP contribution is -2.31. The molecule has 1 unspecified atom stereocenters. The Hall–Kier alpha value is -1.06. The molecule has 0 spiro atoms. The minimum absolute atomic E-state index is 0.0992. The third-order valence-corrected chi connectivity index (χ3v) is 1.76. The molecule has 0 radical (unpaired) electrons. The van der Waals surface area contributed by atoms with Crippen LogP contribution in [0.5, 0.6) is 0 Å². The minimum Gasteiger partial charge on any atom is -0.481 e. The number of carboxylic acid groups (broad SMARTS) is 1. The number of aliphatic carboxylic acids is 1. The molecule has 13 heavy (non-hydrogen) atoms. The van der Waals surface area contributed by atoms with Gasteiger partial charge >= 0.3 is 5.97 Å². The largest absolute Gasteiger partial charge is 0.481 e. The first kappa shape index (κ1) is 11.9. The second-order valence-electron chi connectivity index (χ2n) is 3.14. The average Bonchev–Trinajstić information content (AvgIpc) is 2.03. The number of carbonyl (C=O) groups excluding carboxylic acids is 1. The van der Waals surface area contributed by atoms with E-state index in [1.165, 1.54) is 0 Å². The van der Waals surface area contributed by atoms with Gasteiger partial charge in [-0.15, -0.1) is 0 Å². The maximum Gasteiger partial charge on any atom is 0.304 e. The highest BCUT2D eigenvalue weighted by atomic mass is 16.4. The normalized spacial score (nSPS) is 12.2. The Morgan fingerprint density at radius 1 is 1.46 bits per heavy atom. The molecule has 0 aromatic carbocycles. The predicted molar refractivity (Wildman–Crippen MR) is 49.3 cm³/mol. The Morgan fingerprint density at radius 3 is 2.54 bits per heavy atom. The van der Waals surface area contributed by atoms with E-state index >= 15 is 0 Å². The third-order valence-electron chi connectivity index (χ3n) is 1.76. The van der Waals surface area contributed by atoms with E-state index < -0.39 is 11.9 Å². The van der Waals surface area contributed by atoms with E-state index in [0.29, 0.717) is 6.54 Å². The molecule has 0 aliphatic carbocycles. The maximum atomic E-state index is 11.2. The highest BCUT2D eigenvalue weighted by molar-refractivity contribution is 5.82. The predicted octanol–water partition coefficient (Wildman–Crippen LogP) is 1.01. The highest BCUT2D eigenvalue weighted by Crippen LogP contribution is 2.01. The Kier molecular flexibility index (Phi) is 5.93. The topological polar surface area (TPSA) is 66.4 Å². The van der Waals surface area contributed by atoms with Crippen molar-refractivity contribution in [1.82, 2.24) is 5.32 Å². The fourth-order valence-corrected chi connectivity index (χ4v) is 0.917. The van der Waals surface area contributed by atoms with Gasteiger partial charge in [-0.3, -0.25) is 9.59 Å². The molecule has 0 rings (SSSR count). The number of carbonyl (C=O) groups is 2. The number of carboxylic acids is 1. The smallest absolute Gasteiger partial charge is 0.304 e. The summed E-state index contributed by atoms with van der Waals surface area (Å²) in [6.45, 7) is 4.29. The SMILES string of the molecule is CCCCNC(=O)C(C)CC(=O)O. The Morgan fingerprint density at radius 2 is 2.08 bits per heavy atom. The van der Waals surface area contributed by atoms with Crippen molar-refractivity contribution in [3.05, 3.63) is 0 Å². The van der Waals surface area contributed by atoms with Crippen LogP contribution in [0.1, 0.15) is 33.1 Å². The maximum absolute atomic E-state index is 11.2. The average molecular weight is 187 g/mol. The summed E-state index contributed by atoms with van der Waals surface area (Å²) in [5.74, 6) is -1.54. The van der Waals surface area contributed by atoms with Crippen LogP contribution in [0.4, 0.5) is 0 Å². The van der Waals surface area contributed by atoms with E-state index in [0.717, 1.165) is 12.8 Å². The Labute approximate surface area is 78.3 Å². The van der Waals surface area contributed by atoms with Gasteiger partial charge in [0, 0.05) is 12.5 Å². The van der Waals surface area contributed by atoms with Gasteiger partial charge < -0.3 is 10.4 Å². The molecular formula is C9H17NO3. The van der Waals surface area contributed by atoms with Crippen LogP contribution in [0, 0.1) is 5.92 Å². The van der Waals surface area contributed by atoms with Crippen molar-refractivity contribution >= 4 is 11.9 Å². The van der Waals surface area contributed by atoms with Gasteiger partial charge in [-0.05, 0) is 6.42 Å². The fraction of sp³-hybridized carbons (Fsp3) is 0.778. The number of amides is 1. The zero-order valence-electron chi connectivity index (χ0n) is 8.17. The molecule has 0 aliphatic heterocycles. The Bertz CT molecular complexity index is 180. The van der Waals surface area contributed by atoms with Crippen molar-refractivity contribution in [2.24, 2.45) is 5.92 Å². The monoisotopic (exact) mass is 187 g/mol. The molecule has 4 heteroatoms. The van der Waals surface area contributed by atoms with Crippen molar-refractivity contribution in [2.75, 3.05) is 6.54 Å². The summed E-state index contributed by atoms with van der Waals surface area (Å²) in [6.07, 6.45) is 1.86. The summed E-state index contributed by atoms with van der Waals surface area (Å²) >= 11 is 0. The molecule has 76 valence electrons. The molecule has 0 saturated carbocycles. The minimum atomic E-state index is -0.932. The number of hydrogen-bond acceptors (Lipinski definition) is 2. The van der Waals surface area contributed by atoms with E-state index in [1.54, 1.807) is 6.92 Å². The number of unbranched alkanes of at least 4 members (excludes halogenated alkanes) is 1. The molecule has 0 saturated heterocycles. The standard InChI is InChI=1S/C9H17NO3/c1-3-4-5-10-9(13)7(2)6-8(11)12/h7H,3-6H2,1-2H3,(H,10,13)(H,11,12). The first-order valence-corrected chi connectivity index (χ1v) is 4.57. The first-order valence-electron chi connectivity index (χ1n) is 4.57. The summed E-state index contributed by atoms with van der Waals surface area (Å²) in [5.41, 5.74) is 0. The molecule has 2 N–H and O–H groups in total. The molecule has 4 nitrogen and oxygen atoms in total. The second kappa shape index (κ2) is 6.46. The van der Waals surface area contributed by atoms with Crippen LogP contribution >= 0.6 is 0 Å². The molecule has 0 bridgehead atoms. The summed E-state index contributed by atoms with van der Waals surface area (Å²) in [6, 6.07) is 0. The van der Waals surface area contributed by atoms with Crippen molar-refractivity contribution in [3.63, 3.8) is 0 Å². The van der Waals surface area contributed by atoms with Crippen molar-refractivity contribution in [3.8, 4) is 0 Å². The van der Waals surface area contributed by atoms with Crippen LogP contribution < -0.4 is 5.32 Å². The second-order valence-corrected chi connectivity index (χ2v) is 3.14. The van der Waals surface area contributed by atoms with Gasteiger partial charge in [0.05, 0.1) is 6.42 Å². The van der Waals surface area contributed by atoms with Crippen LogP contribution in [-0.4, -0.2) is 23.5 Å². The lowest BCUT2D eigenvalue weighted by atomic mass is 10.1. The van der Waals surface area contributed by atoms with Gasteiger partial charge in [-0.1, -0.05) is 20.3 Å². The number of hydrogen-bond donors (Lipinski definition) is 2. The van der Waals surface area contributed by atoms with Crippen LogP contribution in [0.3, 0.4) is 0 Å². The summed E-state index contributed by atoms with van der Waals surface area (Å²) in [7, 11) is 0. The zero-order chi connectivity index (χ0) is 10.3. The first-order chi connectivity index (χ1) is 6.07. The van der Waals surface area contributed by atoms with Gasteiger partial charge in [0.1, 0.15) is 0 Å². The molecule has 0 fully saturated rings. The van der Waals surface area contributed by atoms with Gasteiger partial charge in [0.15, 0.2) is 0 Å². The lowest BCUT2D eigenvalue weighted by Gasteiger charge is -2.08. The number of rotatable bonds is 6. The molecule has 0 aromatic heterocycles. The van der Waals surface area contributed by atoms with E-state index in [-0.39, 0.29) is 12.3 Å². The van der Waals surface area contributed by atoms with Crippen LogP contribution in [0.25, 0.3) is 0 Å². The van der Waals surface area contributed by atoms with E-state index in [2.05, 4.69) is 5.32 Å². The van der Waals surface area contributed by atoms with Gasteiger partial charge in [0.2, 0.25) is 5.91 Å². The summed E-state index contributed by atoms with van der Waals surface area (Å²) in [4.78, 5) is 21.4. The fourth-order valence-electron chi connectivity index (χ4n) is 0.917. The molecule has 1 atom stereocenters. The van der Waals surface area contributed by atoms with Gasteiger partial charge in [-0.2, -0.15) is 0 Å². The van der Waals surface area contributed by atoms with Crippen LogP contribution in [-0.2, 0) is 9.59 Å². The molecule has 0 aromatic rings. The number of nitrogens with one attached hydrogen (secondary N) is 1. The molecule has 0 heterocycles.